The summed E-state index contributed by atoms with van der Waals surface area (Å²) in [5, 5.41) is 13.2. The third kappa shape index (κ3) is 7.65. The molecular formula is C32H42O5Si. The van der Waals surface area contributed by atoms with Crippen molar-refractivity contribution in [3.8, 4) is 5.75 Å². The van der Waals surface area contributed by atoms with E-state index in [1.165, 1.54) is 10.4 Å². The zero-order chi connectivity index (χ0) is 27.4. The summed E-state index contributed by atoms with van der Waals surface area (Å²) in [4.78, 5) is 0. The van der Waals surface area contributed by atoms with Crippen LogP contribution in [-0.2, 0) is 20.5 Å². The average Bonchev–Trinajstić information content (AvgIpc) is 2.93. The van der Waals surface area contributed by atoms with Gasteiger partial charge in [0.15, 0.2) is 0 Å². The summed E-state index contributed by atoms with van der Waals surface area (Å²) >= 11 is 0. The van der Waals surface area contributed by atoms with Crippen LogP contribution < -0.4 is 15.1 Å². The Morgan fingerprint density at radius 1 is 0.842 bits per heavy atom. The highest BCUT2D eigenvalue weighted by Crippen LogP contribution is 2.37. The molecule has 0 aliphatic heterocycles. The van der Waals surface area contributed by atoms with E-state index in [0.29, 0.717) is 26.2 Å². The van der Waals surface area contributed by atoms with E-state index in [0.717, 1.165) is 11.3 Å². The van der Waals surface area contributed by atoms with Crippen LogP contribution in [-0.4, -0.2) is 46.6 Å². The predicted octanol–water partition coefficient (Wildman–Crippen LogP) is 5.32. The minimum absolute atomic E-state index is 0.128. The fourth-order valence-electron chi connectivity index (χ4n) is 4.77. The van der Waals surface area contributed by atoms with Gasteiger partial charge in [0, 0.05) is 12.5 Å². The number of methoxy groups -OCH3 is 1. The summed E-state index contributed by atoms with van der Waals surface area (Å²) in [7, 11) is -1.07. The molecule has 0 fully saturated rings. The second-order valence-electron chi connectivity index (χ2n) is 10.5. The predicted molar refractivity (Wildman–Crippen MR) is 156 cm³/mol. The van der Waals surface area contributed by atoms with Gasteiger partial charge in [-0.1, -0.05) is 99.6 Å². The van der Waals surface area contributed by atoms with Crippen molar-refractivity contribution in [3.63, 3.8) is 0 Å². The molecule has 0 radical (unpaired) electrons. The molecule has 0 spiro atoms. The molecule has 3 aromatic carbocycles. The van der Waals surface area contributed by atoms with E-state index in [1.807, 2.05) is 36.4 Å². The van der Waals surface area contributed by atoms with Crippen LogP contribution in [0.2, 0.25) is 5.04 Å². The number of benzene rings is 3. The van der Waals surface area contributed by atoms with Crippen LogP contribution in [0.3, 0.4) is 0 Å². The van der Waals surface area contributed by atoms with Gasteiger partial charge in [-0.05, 0) is 39.5 Å². The van der Waals surface area contributed by atoms with Crippen molar-refractivity contribution < 1.29 is 23.7 Å². The van der Waals surface area contributed by atoms with Gasteiger partial charge in [0.05, 0.1) is 26.4 Å². The summed E-state index contributed by atoms with van der Waals surface area (Å²) in [6.45, 7) is 11.8. The highest BCUT2D eigenvalue weighted by Gasteiger charge is 2.50. The number of ether oxygens (including phenoxy) is 3. The van der Waals surface area contributed by atoms with E-state index in [4.69, 9.17) is 18.6 Å². The Kier molecular flexibility index (Phi) is 11.3. The second kappa shape index (κ2) is 14.4. The number of hydrogen-bond acceptors (Lipinski definition) is 5. The summed E-state index contributed by atoms with van der Waals surface area (Å²) in [5.41, 5.74) is 1.03. The Hall–Kier alpha value is -2.74. The molecule has 0 aliphatic rings. The zero-order valence-electron chi connectivity index (χ0n) is 23.1. The van der Waals surface area contributed by atoms with Gasteiger partial charge in [0.25, 0.3) is 8.32 Å². The molecule has 5 nitrogen and oxygen atoms in total. The smallest absolute Gasteiger partial charge is 0.261 e. The van der Waals surface area contributed by atoms with Gasteiger partial charge in [-0.2, -0.15) is 0 Å². The monoisotopic (exact) mass is 534 g/mol. The quantitative estimate of drug-likeness (QED) is 0.124. The fourth-order valence-corrected chi connectivity index (χ4v) is 9.39. The Morgan fingerprint density at radius 3 is 1.92 bits per heavy atom. The SMILES string of the molecule is C=CC[C@H](O)[C@@H](COCOCc1ccc(OC)cc1)CO[Si](c1ccccc1)(c1ccccc1)C(C)(C)C. The molecule has 2 atom stereocenters. The van der Waals surface area contributed by atoms with Gasteiger partial charge in [-0.25, -0.2) is 0 Å². The van der Waals surface area contributed by atoms with E-state index in [2.05, 4.69) is 75.9 Å². The standard InChI is InChI=1S/C32H42O5Si/c1-6-13-31(33)27(23-36-25-35-22-26-18-20-28(34-5)21-19-26)24-37-38(32(2,3)4,29-14-9-7-10-15-29)30-16-11-8-12-17-30/h6-12,14-21,27,31,33H,1,13,22-25H2,2-5H3/t27-,31-/m0/s1. The van der Waals surface area contributed by atoms with E-state index in [9.17, 15) is 5.11 Å². The Bertz CT molecular complexity index is 1040. The number of hydrogen-bond donors (Lipinski definition) is 1. The van der Waals surface area contributed by atoms with Gasteiger partial charge >= 0.3 is 0 Å². The number of aliphatic hydroxyl groups is 1. The van der Waals surface area contributed by atoms with Gasteiger partial charge in [0.1, 0.15) is 12.5 Å². The summed E-state index contributed by atoms with van der Waals surface area (Å²) < 4.78 is 23.9. The first-order valence-corrected chi connectivity index (χ1v) is 15.0. The van der Waals surface area contributed by atoms with Gasteiger partial charge < -0.3 is 23.7 Å². The van der Waals surface area contributed by atoms with E-state index < -0.39 is 14.4 Å². The lowest BCUT2D eigenvalue weighted by Gasteiger charge is -2.44. The van der Waals surface area contributed by atoms with E-state index in [1.54, 1.807) is 13.2 Å². The van der Waals surface area contributed by atoms with Crippen molar-refractivity contribution in [1.82, 2.24) is 0 Å². The van der Waals surface area contributed by atoms with Crippen molar-refractivity contribution in [2.75, 3.05) is 27.1 Å². The summed E-state index contributed by atoms with van der Waals surface area (Å²) in [6, 6.07) is 28.8. The van der Waals surface area contributed by atoms with Crippen LogP contribution in [0.25, 0.3) is 0 Å². The lowest BCUT2D eigenvalue weighted by atomic mass is 10.0. The van der Waals surface area contributed by atoms with Gasteiger partial charge in [0.2, 0.25) is 0 Å². The van der Waals surface area contributed by atoms with Crippen LogP contribution in [0.15, 0.2) is 97.6 Å². The van der Waals surface area contributed by atoms with Gasteiger partial charge in [-0.3, -0.25) is 0 Å². The molecule has 0 aliphatic carbocycles. The lowest BCUT2D eigenvalue weighted by Crippen LogP contribution is -2.67. The number of rotatable bonds is 15. The third-order valence-corrected chi connectivity index (χ3v) is 11.8. The van der Waals surface area contributed by atoms with E-state index >= 15 is 0 Å². The molecular weight excluding hydrogens is 492 g/mol. The third-order valence-electron chi connectivity index (χ3n) is 6.81. The molecule has 38 heavy (non-hydrogen) atoms. The first-order valence-electron chi connectivity index (χ1n) is 13.1. The van der Waals surface area contributed by atoms with Crippen molar-refractivity contribution in [1.29, 1.82) is 0 Å². The van der Waals surface area contributed by atoms with Crippen LogP contribution in [0.4, 0.5) is 0 Å². The minimum Gasteiger partial charge on any atom is -0.497 e. The second-order valence-corrected chi connectivity index (χ2v) is 14.8. The first-order chi connectivity index (χ1) is 18.3. The molecule has 0 saturated carbocycles. The van der Waals surface area contributed by atoms with Crippen LogP contribution in [0, 0.1) is 5.92 Å². The molecule has 6 heteroatoms. The molecule has 0 aromatic heterocycles. The highest BCUT2D eigenvalue weighted by atomic mass is 28.4. The zero-order valence-corrected chi connectivity index (χ0v) is 24.1. The van der Waals surface area contributed by atoms with Crippen LogP contribution in [0.1, 0.15) is 32.8 Å². The van der Waals surface area contributed by atoms with E-state index in [-0.39, 0.29) is 17.7 Å². The Morgan fingerprint density at radius 2 is 1.42 bits per heavy atom. The summed E-state index contributed by atoms with van der Waals surface area (Å²) in [5.74, 6) is 0.573. The van der Waals surface area contributed by atoms with Gasteiger partial charge in [-0.15, -0.1) is 6.58 Å². The van der Waals surface area contributed by atoms with Crippen molar-refractivity contribution >= 4 is 18.7 Å². The molecule has 3 aromatic rings. The summed E-state index contributed by atoms with van der Waals surface area (Å²) in [6.07, 6.45) is 1.57. The number of aliphatic hydroxyl groups excluding tert-OH is 1. The average molecular weight is 535 g/mol. The molecule has 0 unspecified atom stereocenters. The topological polar surface area (TPSA) is 57.2 Å². The lowest BCUT2D eigenvalue weighted by molar-refractivity contribution is -0.0888. The van der Waals surface area contributed by atoms with Crippen LogP contribution >= 0.6 is 0 Å². The Labute approximate surface area is 229 Å². The molecule has 1 N–H and O–H groups in total. The minimum atomic E-state index is -2.72. The Balaban J connectivity index is 1.73. The van der Waals surface area contributed by atoms with Crippen molar-refractivity contribution in [2.45, 2.75) is 44.9 Å². The normalized spacial score (nSPS) is 13.6. The first kappa shape index (κ1) is 29.8. The molecule has 0 heterocycles. The molecule has 0 bridgehead atoms. The van der Waals surface area contributed by atoms with Crippen molar-refractivity contribution in [3.05, 3.63) is 103 Å². The molecule has 0 saturated heterocycles. The fraction of sp³-hybridized carbons (Fsp3) is 0.375. The maximum atomic E-state index is 11.0. The highest BCUT2D eigenvalue weighted by molar-refractivity contribution is 6.99. The van der Waals surface area contributed by atoms with Crippen molar-refractivity contribution in [2.24, 2.45) is 5.92 Å². The molecule has 0 amide bonds. The molecule has 3 rings (SSSR count). The van der Waals surface area contributed by atoms with Crippen LogP contribution in [0.5, 0.6) is 5.75 Å². The maximum Gasteiger partial charge on any atom is 0.261 e. The maximum absolute atomic E-state index is 11.0. The molecule has 204 valence electrons. The largest absolute Gasteiger partial charge is 0.497 e.